The molecule has 1 aromatic rings. The number of nitrogens with two attached hydrogens (primary N) is 1. The van der Waals surface area contributed by atoms with Crippen LogP contribution in [0.15, 0.2) is 35.7 Å². The SMILES string of the molecule is CCC(S/C=C(\N)c1ccccc1)N1CCCCCC1. The van der Waals surface area contributed by atoms with Crippen LogP contribution in [0.4, 0.5) is 0 Å². The van der Waals surface area contributed by atoms with Gasteiger partial charge in [0.25, 0.3) is 0 Å². The molecule has 1 aliphatic rings. The minimum Gasteiger partial charge on any atom is -0.398 e. The Morgan fingerprint density at radius 3 is 2.45 bits per heavy atom. The van der Waals surface area contributed by atoms with Gasteiger partial charge in [0.1, 0.15) is 0 Å². The molecule has 1 fully saturated rings. The molecule has 1 atom stereocenters. The Hall–Kier alpha value is -0.930. The Morgan fingerprint density at radius 2 is 1.85 bits per heavy atom. The van der Waals surface area contributed by atoms with E-state index in [1.807, 2.05) is 30.0 Å². The van der Waals surface area contributed by atoms with Crippen molar-refractivity contribution >= 4 is 17.5 Å². The fourth-order valence-corrected chi connectivity index (χ4v) is 3.69. The lowest BCUT2D eigenvalue weighted by atomic mass is 10.2. The quantitative estimate of drug-likeness (QED) is 0.877. The average Bonchev–Trinajstić information content (AvgIpc) is 2.78. The van der Waals surface area contributed by atoms with Gasteiger partial charge < -0.3 is 5.73 Å². The van der Waals surface area contributed by atoms with Crippen LogP contribution in [-0.2, 0) is 0 Å². The van der Waals surface area contributed by atoms with Gasteiger partial charge in [0.05, 0.1) is 5.37 Å². The van der Waals surface area contributed by atoms with Crippen LogP contribution in [-0.4, -0.2) is 23.4 Å². The molecule has 1 aliphatic heterocycles. The Labute approximate surface area is 127 Å². The van der Waals surface area contributed by atoms with E-state index in [0.717, 1.165) is 11.3 Å². The van der Waals surface area contributed by atoms with Gasteiger partial charge in [-0.05, 0) is 43.3 Å². The highest BCUT2D eigenvalue weighted by atomic mass is 32.2. The van der Waals surface area contributed by atoms with E-state index in [4.69, 9.17) is 5.73 Å². The van der Waals surface area contributed by atoms with E-state index in [2.05, 4.69) is 29.4 Å². The summed E-state index contributed by atoms with van der Waals surface area (Å²) < 4.78 is 0. The third kappa shape index (κ3) is 4.57. The predicted molar refractivity (Wildman–Crippen MR) is 90.3 cm³/mol. The Morgan fingerprint density at radius 1 is 1.20 bits per heavy atom. The third-order valence-electron chi connectivity index (χ3n) is 3.86. The Bertz CT molecular complexity index is 408. The summed E-state index contributed by atoms with van der Waals surface area (Å²) in [6.45, 7) is 4.75. The molecule has 3 heteroatoms. The summed E-state index contributed by atoms with van der Waals surface area (Å²) in [5, 5.41) is 2.70. The van der Waals surface area contributed by atoms with Crippen LogP contribution < -0.4 is 5.73 Å². The summed E-state index contributed by atoms with van der Waals surface area (Å²) in [6, 6.07) is 10.2. The smallest absolute Gasteiger partial charge is 0.0596 e. The van der Waals surface area contributed by atoms with Crippen LogP contribution in [0.3, 0.4) is 0 Å². The zero-order valence-electron chi connectivity index (χ0n) is 12.4. The summed E-state index contributed by atoms with van der Waals surface area (Å²) in [6.07, 6.45) is 6.63. The van der Waals surface area contributed by atoms with Gasteiger partial charge in [-0.15, -0.1) is 11.8 Å². The molecular weight excluding hydrogens is 264 g/mol. The number of likely N-dealkylation sites (tertiary alicyclic amines) is 1. The average molecular weight is 290 g/mol. The summed E-state index contributed by atoms with van der Waals surface area (Å²) in [5.74, 6) is 0. The van der Waals surface area contributed by atoms with Crippen LogP contribution in [0.2, 0.25) is 0 Å². The van der Waals surface area contributed by atoms with Gasteiger partial charge >= 0.3 is 0 Å². The molecule has 1 heterocycles. The normalized spacial score (nSPS) is 19.6. The van der Waals surface area contributed by atoms with Gasteiger partial charge in [-0.2, -0.15) is 0 Å². The number of nitrogens with zero attached hydrogens (tertiary/aromatic N) is 1. The molecule has 0 aromatic heterocycles. The monoisotopic (exact) mass is 290 g/mol. The molecule has 2 rings (SSSR count). The highest BCUT2D eigenvalue weighted by molar-refractivity contribution is 8.02. The molecule has 2 nitrogen and oxygen atoms in total. The van der Waals surface area contributed by atoms with Crippen molar-refractivity contribution in [3.8, 4) is 0 Å². The molecule has 110 valence electrons. The molecule has 1 saturated heterocycles. The zero-order valence-corrected chi connectivity index (χ0v) is 13.2. The minimum absolute atomic E-state index is 0.565. The maximum atomic E-state index is 6.18. The van der Waals surface area contributed by atoms with Crippen LogP contribution in [0.25, 0.3) is 5.70 Å². The number of thioether (sulfide) groups is 1. The molecule has 0 aliphatic carbocycles. The highest BCUT2D eigenvalue weighted by Crippen LogP contribution is 2.25. The Balaban J connectivity index is 1.95. The zero-order chi connectivity index (χ0) is 14.2. The van der Waals surface area contributed by atoms with E-state index in [1.54, 1.807) is 0 Å². The number of hydrogen-bond donors (Lipinski definition) is 1. The van der Waals surface area contributed by atoms with Gasteiger partial charge in [0.15, 0.2) is 0 Å². The highest BCUT2D eigenvalue weighted by Gasteiger charge is 2.17. The number of hydrogen-bond acceptors (Lipinski definition) is 3. The second kappa shape index (κ2) is 8.38. The van der Waals surface area contributed by atoms with Crippen molar-refractivity contribution in [1.82, 2.24) is 4.90 Å². The van der Waals surface area contributed by atoms with Gasteiger partial charge in [0.2, 0.25) is 0 Å². The molecule has 1 unspecified atom stereocenters. The van der Waals surface area contributed by atoms with E-state index >= 15 is 0 Å². The van der Waals surface area contributed by atoms with Gasteiger partial charge in [-0.1, -0.05) is 50.1 Å². The van der Waals surface area contributed by atoms with Crippen molar-refractivity contribution in [3.63, 3.8) is 0 Å². The first-order valence-electron chi connectivity index (χ1n) is 7.72. The molecule has 0 amide bonds. The van der Waals surface area contributed by atoms with E-state index < -0.39 is 0 Å². The van der Waals surface area contributed by atoms with Crippen molar-refractivity contribution in [2.45, 2.75) is 44.4 Å². The lowest BCUT2D eigenvalue weighted by Gasteiger charge is -2.28. The summed E-state index contributed by atoms with van der Waals surface area (Å²) >= 11 is 1.88. The van der Waals surface area contributed by atoms with Crippen molar-refractivity contribution in [1.29, 1.82) is 0 Å². The van der Waals surface area contributed by atoms with Crippen molar-refractivity contribution < 1.29 is 0 Å². The Kier molecular flexibility index (Phi) is 6.48. The molecule has 1 aromatic carbocycles. The fourth-order valence-electron chi connectivity index (χ4n) is 2.67. The lowest BCUT2D eigenvalue weighted by Crippen LogP contribution is -2.33. The molecule has 0 saturated carbocycles. The maximum Gasteiger partial charge on any atom is 0.0596 e. The second-order valence-corrected chi connectivity index (χ2v) is 6.44. The van der Waals surface area contributed by atoms with Crippen LogP contribution in [0.1, 0.15) is 44.6 Å². The standard InChI is InChI=1S/C17H26N2S/c1-2-17(19-12-8-3-4-9-13-19)20-14-16(18)15-10-6-5-7-11-15/h5-7,10-11,14,17H,2-4,8-9,12-13,18H2,1H3/b16-14-. The van der Waals surface area contributed by atoms with Crippen LogP contribution >= 0.6 is 11.8 Å². The van der Waals surface area contributed by atoms with E-state index in [1.165, 1.54) is 45.2 Å². The van der Waals surface area contributed by atoms with Crippen LogP contribution in [0, 0.1) is 0 Å². The van der Waals surface area contributed by atoms with Crippen molar-refractivity contribution in [2.24, 2.45) is 5.73 Å². The van der Waals surface area contributed by atoms with Gasteiger partial charge in [-0.25, -0.2) is 0 Å². The largest absolute Gasteiger partial charge is 0.398 e. The topological polar surface area (TPSA) is 29.3 Å². The summed E-state index contributed by atoms with van der Waals surface area (Å²) in [5.41, 5.74) is 8.18. The third-order valence-corrected chi connectivity index (χ3v) is 5.19. The lowest BCUT2D eigenvalue weighted by molar-refractivity contribution is 0.262. The number of rotatable bonds is 5. The minimum atomic E-state index is 0.565. The van der Waals surface area contributed by atoms with E-state index in [0.29, 0.717) is 5.37 Å². The van der Waals surface area contributed by atoms with Crippen molar-refractivity contribution in [3.05, 3.63) is 41.3 Å². The summed E-state index contributed by atoms with van der Waals surface area (Å²) in [7, 11) is 0. The first-order valence-corrected chi connectivity index (χ1v) is 8.66. The van der Waals surface area contributed by atoms with E-state index in [9.17, 15) is 0 Å². The molecule has 0 spiro atoms. The first kappa shape index (κ1) is 15.5. The first-order chi connectivity index (χ1) is 9.81. The molecule has 0 radical (unpaired) electrons. The number of benzene rings is 1. The fraction of sp³-hybridized carbons (Fsp3) is 0.529. The van der Waals surface area contributed by atoms with Crippen molar-refractivity contribution in [2.75, 3.05) is 13.1 Å². The second-order valence-electron chi connectivity index (χ2n) is 5.39. The molecule has 20 heavy (non-hydrogen) atoms. The molecular formula is C17H26N2S. The van der Waals surface area contributed by atoms with Gasteiger partial charge in [0, 0.05) is 5.70 Å². The summed E-state index contributed by atoms with van der Waals surface area (Å²) in [4.78, 5) is 2.63. The maximum absolute atomic E-state index is 6.18. The van der Waals surface area contributed by atoms with Gasteiger partial charge in [-0.3, -0.25) is 4.90 Å². The van der Waals surface area contributed by atoms with E-state index in [-0.39, 0.29) is 0 Å². The molecule has 2 N–H and O–H groups in total. The van der Waals surface area contributed by atoms with Crippen LogP contribution in [0.5, 0.6) is 0 Å². The molecule has 0 bridgehead atoms. The predicted octanol–water partition coefficient (Wildman–Crippen LogP) is 4.29.